The number of carbonyl (C=O) groups excluding carboxylic acids is 5. The van der Waals surface area contributed by atoms with E-state index < -0.39 is 29.5 Å². The largest absolute Gasteiger partial charge is 0.391 e. The number of carbonyl (C=O) groups is 5. The summed E-state index contributed by atoms with van der Waals surface area (Å²) in [5.74, 6) is -0.922. The lowest BCUT2D eigenvalue weighted by molar-refractivity contribution is -0.144. The van der Waals surface area contributed by atoms with Crippen LogP contribution < -0.4 is 26.6 Å². The summed E-state index contributed by atoms with van der Waals surface area (Å²) in [6, 6.07) is 29.7. The highest BCUT2D eigenvalue weighted by Gasteiger charge is 2.44. The highest BCUT2D eigenvalue weighted by atomic mass is 32.1. The fourth-order valence-corrected chi connectivity index (χ4v) is 9.80. The predicted molar refractivity (Wildman–Crippen MR) is 286 cm³/mol. The number of β-amino-alcohol motifs (C(OH)–C–C–N with tert-alkyl or cyclic N) is 1. The van der Waals surface area contributed by atoms with E-state index in [1.54, 1.807) is 41.7 Å². The van der Waals surface area contributed by atoms with Crippen LogP contribution in [0.3, 0.4) is 0 Å². The Hall–Kier alpha value is -7.76. The van der Waals surface area contributed by atoms with E-state index >= 15 is 0 Å². The molecule has 0 spiro atoms. The van der Waals surface area contributed by atoms with E-state index in [1.807, 2.05) is 119 Å². The number of aryl methyl sites for hydroxylation is 1. The van der Waals surface area contributed by atoms with E-state index in [2.05, 4.69) is 46.5 Å². The van der Waals surface area contributed by atoms with Crippen LogP contribution in [-0.2, 0) is 19.2 Å². The molecule has 1 aliphatic rings. The molecular weight excluding hydrogens is 941 g/mol. The summed E-state index contributed by atoms with van der Waals surface area (Å²) in [5, 5.41) is 26.8. The first-order valence-corrected chi connectivity index (χ1v) is 25.5. The monoisotopic (exact) mass is 1000 g/mol. The Bertz CT molecular complexity index is 3070. The quantitative estimate of drug-likeness (QED) is 0.0380. The Kier molecular flexibility index (Phi) is 16.4. The van der Waals surface area contributed by atoms with Crippen molar-refractivity contribution in [3.63, 3.8) is 0 Å². The summed E-state index contributed by atoms with van der Waals surface area (Å²) in [7, 11) is 0. The van der Waals surface area contributed by atoms with Gasteiger partial charge in [0.25, 0.3) is 5.91 Å². The number of aromatic amines is 1. The normalized spacial score (nSPS) is 15.3. The minimum absolute atomic E-state index is 0.0101. The number of amides is 5. The maximum atomic E-state index is 14.1. The van der Waals surface area contributed by atoms with Crippen LogP contribution in [0.5, 0.6) is 0 Å². The number of nitrogens with one attached hydrogen (secondary N) is 6. The molecule has 8 rings (SSSR count). The fraction of sp³-hybridized carbons (Fsp3) is 0.321. The number of H-pyrrole nitrogens is 1. The minimum Gasteiger partial charge on any atom is -0.391 e. The molecule has 378 valence electrons. The SMILES string of the molecule is Cc1ncsc1-c1ccc(C(C)NC(=O)C2CC(O)CN2C(=O)C(NC(=O)CCCCCCC(=O)Nc2ccc(C(=O)Nc3cccc(Nc4cc(-c5c[nH]c6ccccc56)ncn4)c3)cc2)C(C)(C)C)cc1. The molecule has 4 heterocycles. The van der Waals surface area contributed by atoms with Gasteiger partial charge in [0.15, 0.2) is 0 Å². The average molecular weight is 1000 g/mol. The van der Waals surface area contributed by atoms with Crippen LogP contribution in [0.1, 0.15) is 100 Å². The Morgan fingerprint density at radius 3 is 2.25 bits per heavy atom. The van der Waals surface area contributed by atoms with Crippen molar-refractivity contribution >= 4 is 74.7 Å². The number of likely N-dealkylation sites (tertiary alicyclic amines) is 1. The minimum atomic E-state index is -0.920. The number of unbranched alkanes of at least 4 members (excludes halogenated alkanes) is 3. The molecule has 5 amide bonds. The summed E-state index contributed by atoms with van der Waals surface area (Å²) in [4.78, 5) is 86.0. The van der Waals surface area contributed by atoms with Crippen molar-refractivity contribution in [1.29, 1.82) is 0 Å². The number of fused-ring (bicyclic) bond motifs is 1. The topological polar surface area (TPSA) is 223 Å². The molecule has 1 aliphatic heterocycles. The van der Waals surface area contributed by atoms with Gasteiger partial charge in [0, 0.05) is 77.2 Å². The van der Waals surface area contributed by atoms with E-state index in [1.165, 1.54) is 11.2 Å². The van der Waals surface area contributed by atoms with Crippen LogP contribution in [0, 0.1) is 12.3 Å². The van der Waals surface area contributed by atoms with E-state index in [-0.39, 0.29) is 55.5 Å². The summed E-state index contributed by atoms with van der Waals surface area (Å²) in [6.07, 6.45) is 5.75. The van der Waals surface area contributed by atoms with Gasteiger partial charge in [-0.3, -0.25) is 24.0 Å². The van der Waals surface area contributed by atoms with Gasteiger partial charge in [-0.25, -0.2) is 15.0 Å². The lowest BCUT2D eigenvalue weighted by Crippen LogP contribution is -2.57. The molecule has 73 heavy (non-hydrogen) atoms. The molecule has 7 aromatic rings. The van der Waals surface area contributed by atoms with Gasteiger partial charge >= 0.3 is 0 Å². The number of rotatable bonds is 19. The van der Waals surface area contributed by atoms with Gasteiger partial charge in [0.05, 0.1) is 33.9 Å². The highest BCUT2D eigenvalue weighted by molar-refractivity contribution is 7.13. The molecule has 1 fully saturated rings. The molecule has 16 nitrogen and oxygen atoms in total. The van der Waals surface area contributed by atoms with Crippen LogP contribution in [0.25, 0.3) is 32.6 Å². The third kappa shape index (κ3) is 13.2. The van der Waals surface area contributed by atoms with E-state index in [0.717, 1.165) is 56.0 Å². The molecular formula is C56H62N10O6S. The number of hydrogen-bond acceptors (Lipinski definition) is 11. The van der Waals surface area contributed by atoms with Crippen molar-refractivity contribution in [2.45, 2.75) is 104 Å². The van der Waals surface area contributed by atoms with E-state index in [9.17, 15) is 29.1 Å². The van der Waals surface area contributed by atoms with Gasteiger partial charge in [-0.05, 0) is 91.8 Å². The zero-order chi connectivity index (χ0) is 51.6. The van der Waals surface area contributed by atoms with Crippen LogP contribution in [-0.4, -0.2) is 84.2 Å². The molecule has 4 aromatic carbocycles. The second-order valence-electron chi connectivity index (χ2n) is 19.6. The number of aromatic nitrogens is 4. The van der Waals surface area contributed by atoms with Crippen LogP contribution >= 0.6 is 11.3 Å². The van der Waals surface area contributed by atoms with Crippen molar-refractivity contribution < 1.29 is 29.1 Å². The zero-order valence-electron chi connectivity index (χ0n) is 41.7. The standard InChI is InChI=1S/C56H62N10O6S/c1-34(36-19-21-37(22-20-36)51-35(2)60-33-73-51)61-54(71)47-28-42(67)31-66(47)55(72)52(56(3,4)5)65-50(69)18-9-7-6-8-17-49(68)63-39-25-23-38(24-26-39)53(70)64-41-14-12-13-40(27-41)62-48-29-46(58-32-59-48)44-30-57-45-16-11-10-15-43(44)45/h10-16,19-27,29-30,32-34,42,47,52,57,67H,6-9,17-18,28,31H2,1-5H3,(H,61,71)(H,63,68)(H,64,70)(H,65,69)(H,58,59,62). The van der Waals surface area contributed by atoms with Crippen molar-refractivity contribution in [1.82, 2.24) is 35.5 Å². The molecule has 17 heteroatoms. The summed E-state index contributed by atoms with van der Waals surface area (Å²) >= 11 is 1.57. The smallest absolute Gasteiger partial charge is 0.255 e. The van der Waals surface area contributed by atoms with Crippen molar-refractivity contribution in [3.8, 4) is 21.7 Å². The van der Waals surface area contributed by atoms with Gasteiger partial charge < -0.3 is 41.6 Å². The van der Waals surface area contributed by atoms with Gasteiger partial charge in [-0.15, -0.1) is 11.3 Å². The lowest BCUT2D eigenvalue weighted by atomic mass is 9.85. The van der Waals surface area contributed by atoms with E-state index in [0.29, 0.717) is 42.0 Å². The predicted octanol–water partition coefficient (Wildman–Crippen LogP) is 9.70. The molecule has 7 N–H and O–H groups in total. The van der Waals surface area contributed by atoms with Crippen LogP contribution in [0.2, 0.25) is 0 Å². The first kappa shape index (κ1) is 51.6. The van der Waals surface area contributed by atoms with Crippen molar-refractivity contribution in [3.05, 3.63) is 138 Å². The third-order valence-corrected chi connectivity index (χ3v) is 14.0. The van der Waals surface area contributed by atoms with Crippen molar-refractivity contribution in [2.75, 3.05) is 22.5 Å². The fourth-order valence-electron chi connectivity index (χ4n) is 8.98. The second-order valence-corrected chi connectivity index (χ2v) is 20.5. The molecule has 4 unspecified atom stereocenters. The maximum Gasteiger partial charge on any atom is 0.255 e. The van der Waals surface area contributed by atoms with Gasteiger partial charge in [-0.1, -0.05) is 82.1 Å². The van der Waals surface area contributed by atoms with E-state index in [4.69, 9.17) is 0 Å². The Morgan fingerprint density at radius 2 is 1.52 bits per heavy atom. The van der Waals surface area contributed by atoms with Crippen LogP contribution in [0.15, 0.2) is 121 Å². The number of thiazole rings is 1. The van der Waals surface area contributed by atoms with Crippen molar-refractivity contribution in [2.24, 2.45) is 5.41 Å². The highest BCUT2D eigenvalue weighted by Crippen LogP contribution is 2.32. The number of hydrogen-bond donors (Lipinski definition) is 7. The number of benzene rings is 4. The lowest BCUT2D eigenvalue weighted by Gasteiger charge is -2.35. The molecule has 0 bridgehead atoms. The number of anilines is 4. The molecule has 4 atom stereocenters. The number of aliphatic hydroxyl groups is 1. The number of aliphatic hydroxyl groups excluding tert-OH is 1. The van der Waals surface area contributed by atoms with Gasteiger partial charge in [0.2, 0.25) is 23.6 Å². The van der Waals surface area contributed by atoms with Gasteiger partial charge in [-0.2, -0.15) is 0 Å². The Labute approximate surface area is 428 Å². The molecule has 1 saturated heterocycles. The Morgan fingerprint density at radius 1 is 0.795 bits per heavy atom. The van der Waals surface area contributed by atoms with Gasteiger partial charge in [0.1, 0.15) is 24.2 Å². The maximum absolute atomic E-state index is 14.1. The summed E-state index contributed by atoms with van der Waals surface area (Å²) in [5.41, 5.74) is 9.11. The molecule has 0 radical (unpaired) electrons. The molecule has 0 saturated carbocycles. The molecule has 3 aromatic heterocycles. The summed E-state index contributed by atoms with van der Waals surface area (Å²) < 4.78 is 0. The second kappa shape index (κ2) is 23.2. The van der Waals surface area contributed by atoms with Crippen LogP contribution in [0.4, 0.5) is 22.9 Å². The number of para-hydroxylation sites is 1. The average Bonchev–Trinajstić information content (AvgIpc) is 4.12. The first-order chi connectivity index (χ1) is 35.1. The third-order valence-electron chi connectivity index (χ3n) is 13.0. The zero-order valence-corrected chi connectivity index (χ0v) is 42.5. The number of nitrogens with zero attached hydrogens (tertiary/aromatic N) is 4. The first-order valence-electron chi connectivity index (χ1n) is 24.6. The Balaban J connectivity index is 0.740. The molecule has 0 aliphatic carbocycles. The summed E-state index contributed by atoms with van der Waals surface area (Å²) in [6.45, 7) is 9.41.